The Morgan fingerprint density at radius 1 is 0.846 bits per heavy atom. The molecule has 0 aromatic rings. The summed E-state index contributed by atoms with van der Waals surface area (Å²) in [6.45, 7) is 5.20. The first-order valence-corrected chi connectivity index (χ1v) is 8.10. The molecule has 5 unspecified atom stereocenters. The molecule has 8 N–H and O–H groups in total. The molecule has 0 aliphatic heterocycles. The topological polar surface area (TPSA) is 191 Å². The van der Waals surface area contributed by atoms with Crippen molar-refractivity contribution >= 4 is 23.7 Å². The van der Waals surface area contributed by atoms with E-state index in [1.54, 1.807) is 13.8 Å². The summed E-state index contributed by atoms with van der Waals surface area (Å²) in [6, 6.07) is -3.80. The maximum Gasteiger partial charge on any atom is 0.322 e. The number of carboxylic acid groups (broad SMARTS) is 1. The van der Waals surface area contributed by atoms with Gasteiger partial charge in [-0.15, -0.1) is 0 Å². The lowest BCUT2D eigenvalue weighted by Gasteiger charge is -2.27. The second-order valence-electron chi connectivity index (χ2n) is 6.34. The van der Waals surface area contributed by atoms with E-state index in [0.717, 1.165) is 0 Å². The fraction of sp³-hybridized carbons (Fsp3) is 0.733. The van der Waals surface area contributed by atoms with Crippen LogP contribution in [0.25, 0.3) is 0 Å². The number of aliphatic hydroxyl groups is 2. The van der Waals surface area contributed by atoms with Crippen LogP contribution in [0, 0.1) is 5.92 Å². The van der Waals surface area contributed by atoms with E-state index in [9.17, 15) is 29.4 Å². The summed E-state index contributed by atoms with van der Waals surface area (Å²) in [5, 5.41) is 34.4. The van der Waals surface area contributed by atoms with E-state index in [2.05, 4.69) is 16.0 Å². The number of nitrogens with two attached hydrogens (primary N) is 1. The quantitative estimate of drug-likeness (QED) is 0.208. The Morgan fingerprint density at radius 2 is 1.35 bits per heavy atom. The molecule has 0 bridgehead atoms. The maximum atomic E-state index is 12.4. The van der Waals surface area contributed by atoms with Gasteiger partial charge in [-0.25, -0.2) is 0 Å². The van der Waals surface area contributed by atoms with Gasteiger partial charge in [-0.1, -0.05) is 13.8 Å². The first-order chi connectivity index (χ1) is 11.9. The van der Waals surface area contributed by atoms with Crippen LogP contribution in [-0.4, -0.2) is 75.9 Å². The van der Waals surface area contributed by atoms with Crippen LogP contribution < -0.4 is 21.7 Å². The van der Waals surface area contributed by atoms with Gasteiger partial charge < -0.3 is 37.0 Å². The number of carbonyl (C=O) groups excluding carboxylic acids is 3. The highest BCUT2D eigenvalue weighted by atomic mass is 16.4. The van der Waals surface area contributed by atoms with Gasteiger partial charge in [-0.2, -0.15) is 0 Å². The van der Waals surface area contributed by atoms with Crippen LogP contribution in [0.2, 0.25) is 0 Å². The molecule has 26 heavy (non-hydrogen) atoms. The fourth-order valence-corrected chi connectivity index (χ4v) is 1.92. The van der Waals surface area contributed by atoms with Crippen molar-refractivity contribution in [2.24, 2.45) is 11.7 Å². The van der Waals surface area contributed by atoms with Gasteiger partial charge in [0.05, 0.1) is 12.2 Å². The molecule has 0 rings (SSSR count). The van der Waals surface area contributed by atoms with Crippen LogP contribution in [0.15, 0.2) is 0 Å². The number of aliphatic carboxylic acids is 1. The Balaban J connectivity index is 5.12. The van der Waals surface area contributed by atoms with E-state index in [4.69, 9.17) is 10.8 Å². The molecule has 150 valence electrons. The highest BCUT2D eigenvalue weighted by molar-refractivity contribution is 5.94. The molecular weight excluding hydrogens is 348 g/mol. The molecule has 0 heterocycles. The van der Waals surface area contributed by atoms with Gasteiger partial charge in [0.1, 0.15) is 24.7 Å². The average molecular weight is 376 g/mol. The van der Waals surface area contributed by atoms with Gasteiger partial charge in [-0.05, 0) is 19.8 Å². The molecule has 5 atom stereocenters. The molecule has 0 aliphatic rings. The van der Waals surface area contributed by atoms with E-state index >= 15 is 0 Å². The van der Waals surface area contributed by atoms with Crippen molar-refractivity contribution in [3.8, 4) is 0 Å². The lowest BCUT2D eigenvalue weighted by atomic mass is 10.0. The van der Waals surface area contributed by atoms with E-state index in [-0.39, 0.29) is 0 Å². The van der Waals surface area contributed by atoms with Crippen molar-refractivity contribution in [1.82, 2.24) is 16.0 Å². The van der Waals surface area contributed by atoms with Crippen molar-refractivity contribution in [3.63, 3.8) is 0 Å². The van der Waals surface area contributed by atoms with E-state index in [1.807, 2.05) is 0 Å². The van der Waals surface area contributed by atoms with Gasteiger partial charge in [0.2, 0.25) is 17.7 Å². The fourth-order valence-electron chi connectivity index (χ4n) is 1.92. The van der Waals surface area contributed by atoms with Crippen LogP contribution in [0.3, 0.4) is 0 Å². The van der Waals surface area contributed by atoms with Crippen LogP contribution in [0.5, 0.6) is 0 Å². The Hall–Kier alpha value is -2.24. The maximum absolute atomic E-state index is 12.4. The molecule has 0 fully saturated rings. The number of aliphatic hydroxyl groups excluding tert-OH is 2. The SMILES string of the molecule is CC(C)C(NC(=O)C(NC(=O)C(N)C(C)O)C(C)O)C(=O)NCC(=O)O. The minimum absolute atomic E-state index is 0.391. The van der Waals surface area contributed by atoms with Crippen molar-refractivity contribution in [3.05, 3.63) is 0 Å². The summed E-state index contributed by atoms with van der Waals surface area (Å²) >= 11 is 0. The molecule has 0 saturated heterocycles. The number of rotatable bonds is 10. The molecule has 0 saturated carbocycles. The monoisotopic (exact) mass is 376 g/mol. The predicted molar refractivity (Wildman–Crippen MR) is 90.7 cm³/mol. The number of carboxylic acids is 1. The second kappa shape index (κ2) is 10.7. The first-order valence-electron chi connectivity index (χ1n) is 8.10. The van der Waals surface area contributed by atoms with Crippen molar-refractivity contribution in [2.75, 3.05) is 6.54 Å². The standard InChI is InChI=1S/C15H28N4O7/c1-6(2)11(14(25)17-5-9(22)23)18-15(26)12(8(4)21)19-13(24)10(16)7(3)20/h6-8,10-12,20-21H,5,16H2,1-4H3,(H,17,25)(H,18,26)(H,19,24)(H,22,23). The number of hydrogen-bond acceptors (Lipinski definition) is 7. The van der Waals surface area contributed by atoms with Crippen LogP contribution in [0.1, 0.15) is 27.7 Å². The van der Waals surface area contributed by atoms with Crippen LogP contribution in [-0.2, 0) is 19.2 Å². The molecule has 0 aromatic heterocycles. The third-order valence-corrected chi connectivity index (χ3v) is 3.55. The highest BCUT2D eigenvalue weighted by Crippen LogP contribution is 2.04. The first kappa shape index (κ1) is 23.8. The lowest BCUT2D eigenvalue weighted by Crippen LogP contribution is -2.61. The number of nitrogens with one attached hydrogen (secondary N) is 3. The minimum Gasteiger partial charge on any atom is -0.480 e. The largest absolute Gasteiger partial charge is 0.480 e. The Kier molecular flexibility index (Phi) is 9.76. The molecule has 0 aliphatic carbocycles. The zero-order valence-corrected chi connectivity index (χ0v) is 15.2. The Morgan fingerprint density at radius 3 is 1.73 bits per heavy atom. The van der Waals surface area contributed by atoms with Gasteiger partial charge in [-0.3, -0.25) is 19.2 Å². The zero-order valence-electron chi connectivity index (χ0n) is 15.2. The summed E-state index contributed by atoms with van der Waals surface area (Å²) in [5.74, 6) is -4.05. The van der Waals surface area contributed by atoms with Gasteiger partial charge in [0, 0.05) is 0 Å². The molecule has 0 spiro atoms. The molecule has 0 aromatic carbocycles. The molecule has 0 radical (unpaired) electrons. The number of carbonyl (C=O) groups is 4. The van der Waals surface area contributed by atoms with E-state index in [1.165, 1.54) is 13.8 Å². The average Bonchev–Trinajstić information content (AvgIpc) is 2.53. The zero-order chi connectivity index (χ0) is 20.6. The molecule has 11 nitrogen and oxygen atoms in total. The van der Waals surface area contributed by atoms with Crippen LogP contribution >= 0.6 is 0 Å². The number of amides is 3. The summed E-state index contributed by atoms with van der Waals surface area (Å²) in [7, 11) is 0. The Labute approximate surface area is 151 Å². The molecule has 11 heteroatoms. The molecular formula is C15H28N4O7. The lowest BCUT2D eigenvalue weighted by molar-refractivity contribution is -0.139. The van der Waals surface area contributed by atoms with Crippen molar-refractivity contribution in [2.45, 2.75) is 58.0 Å². The molecule has 3 amide bonds. The van der Waals surface area contributed by atoms with Gasteiger partial charge in [0.25, 0.3) is 0 Å². The summed E-state index contributed by atoms with van der Waals surface area (Å²) in [6.07, 6.45) is -2.48. The third-order valence-electron chi connectivity index (χ3n) is 3.55. The predicted octanol–water partition coefficient (Wildman–Crippen LogP) is -3.10. The third kappa shape index (κ3) is 7.76. The highest BCUT2D eigenvalue weighted by Gasteiger charge is 2.32. The van der Waals surface area contributed by atoms with E-state index < -0.39 is 66.5 Å². The summed E-state index contributed by atoms with van der Waals surface area (Å²) in [5.41, 5.74) is 5.48. The minimum atomic E-state index is -1.42. The summed E-state index contributed by atoms with van der Waals surface area (Å²) in [4.78, 5) is 46.9. The van der Waals surface area contributed by atoms with Gasteiger partial charge >= 0.3 is 5.97 Å². The van der Waals surface area contributed by atoms with Crippen molar-refractivity contribution in [1.29, 1.82) is 0 Å². The van der Waals surface area contributed by atoms with Gasteiger partial charge in [0.15, 0.2) is 0 Å². The smallest absolute Gasteiger partial charge is 0.322 e. The van der Waals surface area contributed by atoms with E-state index in [0.29, 0.717) is 0 Å². The Bertz CT molecular complexity index is 522. The van der Waals surface area contributed by atoms with Crippen LogP contribution in [0.4, 0.5) is 0 Å². The summed E-state index contributed by atoms with van der Waals surface area (Å²) < 4.78 is 0. The normalized spacial score (nSPS) is 16.8. The second-order valence-corrected chi connectivity index (χ2v) is 6.34. The van der Waals surface area contributed by atoms with Crippen molar-refractivity contribution < 1.29 is 34.5 Å². The number of hydrogen-bond donors (Lipinski definition) is 7.